The first-order valence-electron chi connectivity index (χ1n) is 9.33. The standard InChI is InChI=1S/C22H26N4O2/c1-15-8-7-9-16(12-15)21(28)23-13-19-24-17-10-5-6-11-18(17)26(19)14-20(27)25-22(2,3)4/h5-12H,13-14H2,1-4H3,(H,23,28)(H,25,27). The fourth-order valence-electron chi connectivity index (χ4n) is 3.09. The van der Waals surface area contributed by atoms with Crippen molar-refractivity contribution in [1.82, 2.24) is 20.2 Å². The molecule has 3 rings (SSSR count). The van der Waals surface area contributed by atoms with Gasteiger partial charge in [-0.1, -0.05) is 29.8 Å². The highest BCUT2D eigenvalue weighted by Crippen LogP contribution is 2.16. The SMILES string of the molecule is Cc1cccc(C(=O)NCc2nc3ccccc3n2CC(=O)NC(C)(C)C)c1. The highest BCUT2D eigenvalue weighted by atomic mass is 16.2. The highest BCUT2D eigenvalue weighted by Gasteiger charge is 2.18. The number of rotatable bonds is 5. The van der Waals surface area contributed by atoms with Gasteiger partial charge in [-0.3, -0.25) is 9.59 Å². The first-order valence-corrected chi connectivity index (χ1v) is 9.33. The third-order valence-corrected chi connectivity index (χ3v) is 4.24. The molecule has 2 aromatic carbocycles. The molecule has 0 aliphatic rings. The van der Waals surface area contributed by atoms with Crippen molar-refractivity contribution in [3.63, 3.8) is 0 Å². The van der Waals surface area contributed by atoms with Gasteiger partial charge in [0.2, 0.25) is 5.91 Å². The molecule has 0 fully saturated rings. The lowest BCUT2D eigenvalue weighted by Gasteiger charge is -2.21. The molecule has 6 heteroatoms. The quantitative estimate of drug-likeness (QED) is 0.716. The van der Waals surface area contributed by atoms with Crippen LogP contribution in [-0.4, -0.2) is 26.9 Å². The van der Waals surface area contributed by atoms with E-state index in [9.17, 15) is 9.59 Å². The van der Waals surface area contributed by atoms with Crippen molar-refractivity contribution in [3.05, 3.63) is 65.5 Å². The average Bonchev–Trinajstić information content (AvgIpc) is 2.95. The molecule has 0 spiro atoms. The Hall–Kier alpha value is -3.15. The minimum absolute atomic E-state index is 0.0955. The fourth-order valence-corrected chi connectivity index (χ4v) is 3.09. The van der Waals surface area contributed by atoms with E-state index in [1.165, 1.54) is 0 Å². The summed E-state index contributed by atoms with van der Waals surface area (Å²) in [7, 11) is 0. The van der Waals surface area contributed by atoms with Gasteiger partial charge >= 0.3 is 0 Å². The van der Waals surface area contributed by atoms with E-state index >= 15 is 0 Å². The summed E-state index contributed by atoms with van der Waals surface area (Å²) < 4.78 is 1.85. The Labute approximate surface area is 165 Å². The first kappa shape index (κ1) is 19.6. The summed E-state index contributed by atoms with van der Waals surface area (Å²) in [4.78, 5) is 29.6. The van der Waals surface area contributed by atoms with Gasteiger partial charge in [-0.15, -0.1) is 0 Å². The van der Waals surface area contributed by atoms with E-state index < -0.39 is 0 Å². The average molecular weight is 378 g/mol. The Morgan fingerprint density at radius 2 is 1.82 bits per heavy atom. The molecule has 3 aromatic rings. The summed E-state index contributed by atoms with van der Waals surface area (Å²) in [6.45, 7) is 8.17. The zero-order chi connectivity index (χ0) is 20.3. The van der Waals surface area contributed by atoms with Crippen molar-refractivity contribution >= 4 is 22.8 Å². The summed E-state index contributed by atoms with van der Waals surface area (Å²) in [6, 6.07) is 15.1. The van der Waals surface area contributed by atoms with Crippen LogP contribution in [0.1, 0.15) is 42.5 Å². The number of aryl methyl sites for hydroxylation is 1. The van der Waals surface area contributed by atoms with E-state index in [2.05, 4.69) is 15.6 Å². The Bertz CT molecular complexity index is 1010. The lowest BCUT2D eigenvalue weighted by molar-refractivity contribution is -0.123. The van der Waals surface area contributed by atoms with E-state index in [1.807, 2.05) is 74.7 Å². The molecule has 0 unspecified atom stereocenters. The Balaban J connectivity index is 1.82. The summed E-state index contributed by atoms with van der Waals surface area (Å²) in [5.74, 6) is 0.384. The van der Waals surface area contributed by atoms with Crippen LogP contribution < -0.4 is 10.6 Å². The molecule has 1 aromatic heterocycles. The molecule has 146 valence electrons. The molecule has 6 nitrogen and oxygen atoms in total. The largest absolute Gasteiger partial charge is 0.350 e. The normalized spacial score (nSPS) is 11.4. The number of carbonyl (C=O) groups is 2. The number of carbonyl (C=O) groups excluding carboxylic acids is 2. The van der Waals surface area contributed by atoms with Gasteiger partial charge in [0, 0.05) is 11.1 Å². The third kappa shape index (κ3) is 4.76. The molecular weight excluding hydrogens is 352 g/mol. The van der Waals surface area contributed by atoms with Crippen molar-refractivity contribution in [3.8, 4) is 0 Å². The van der Waals surface area contributed by atoms with Crippen LogP contribution in [0.2, 0.25) is 0 Å². The van der Waals surface area contributed by atoms with Gasteiger partial charge in [0.05, 0.1) is 17.6 Å². The molecule has 0 saturated heterocycles. The van der Waals surface area contributed by atoms with Gasteiger partial charge < -0.3 is 15.2 Å². The van der Waals surface area contributed by atoms with Gasteiger partial charge in [0.1, 0.15) is 12.4 Å². The number of fused-ring (bicyclic) bond motifs is 1. The van der Waals surface area contributed by atoms with Gasteiger partial charge in [0.25, 0.3) is 5.91 Å². The molecule has 2 N–H and O–H groups in total. The minimum Gasteiger partial charge on any atom is -0.350 e. The van der Waals surface area contributed by atoms with E-state index in [0.29, 0.717) is 11.4 Å². The number of benzene rings is 2. The van der Waals surface area contributed by atoms with Crippen molar-refractivity contribution in [2.75, 3.05) is 0 Å². The Morgan fingerprint density at radius 1 is 1.07 bits per heavy atom. The van der Waals surface area contributed by atoms with Crippen LogP contribution >= 0.6 is 0 Å². The van der Waals surface area contributed by atoms with Crippen LogP contribution in [0.5, 0.6) is 0 Å². The number of hydrogen-bond donors (Lipinski definition) is 2. The number of aromatic nitrogens is 2. The number of hydrogen-bond acceptors (Lipinski definition) is 3. The fraction of sp³-hybridized carbons (Fsp3) is 0.318. The van der Waals surface area contributed by atoms with Crippen LogP contribution in [-0.2, 0) is 17.9 Å². The van der Waals surface area contributed by atoms with Gasteiger partial charge in [-0.05, 0) is 52.0 Å². The maximum Gasteiger partial charge on any atom is 0.251 e. The predicted molar refractivity (Wildman–Crippen MR) is 110 cm³/mol. The second-order valence-corrected chi connectivity index (χ2v) is 7.95. The zero-order valence-electron chi connectivity index (χ0n) is 16.7. The second-order valence-electron chi connectivity index (χ2n) is 7.95. The molecule has 0 bridgehead atoms. The maximum atomic E-state index is 12.5. The Kier molecular flexibility index (Phi) is 5.49. The lowest BCUT2D eigenvalue weighted by atomic mass is 10.1. The minimum atomic E-state index is -0.312. The monoisotopic (exact) mass is 378 g/mol. The van der Waals surface area contributed by atoms with E-state index in [-0.39, 0.29) is 30.4 Å². The van der Waals surface area contributed by atoms with Crippen molar-refractivity contribution < 1.29 is 9.59 Å². The van der Waals surface area contributed by atoms with Crippen LogP contribution in [0.15, 0.2) is 48.5 Å². The Morgan fingerprint density at radius 3 is 2.54 bits per heavy atom. The van der Waals surface area contributed by atoms with Gasteiger partial charge in [0.15, 0.2) is 0 Å². The smallest absolute Gasteiger partial charge is 0.251 e. The number of amides is 2. The lowest BCUT2D eigenvalue weighted by Crippen LogP contribution is -2.42. The molecule has 28 heavy (non-hydrogen) atoms. The summed E-state index contributed by atoms with van der Waals surface area (Å²) in [5, 5.41) is 5.88. The number of nitrogens with zero attached hydrogens (tertiary/aromatic N) is 2. The van der Waals surface area contributed by atoms with Crippen molar-refractivity contribution in [2.24, 2.45) is 0 Å². The van der Waals surface area contributed by atoms with E-state index in [4.69, 9.17) is 0 Å². The summed E-state index contributed by atoms with van der Waals surface area (Å²) in [5.41, 5.74) is 2.98. The highest BCUT2D eigenvalue weighted by molar-refractivity contribution is 5.94. The van der Waals surface area contributed by atoms with E-state index in [1.54, 1.807) is 6.07 Å². The zero-order valence-corrected chi connectivity index (χ0v) is 16.7. The maximum absolute atomic E-state index is 12.5. The topological polar surface area (TPSA) is 76.0 Å². The van der Waals surface area contributed by atoms with Crippen LogP contribution in [0, 0.1) is 6.92 Å². The van der Waals surface area contributed by atoms with Gasteiger partial charge in [-0.25, -0.2) is 4.98 Å². The molecular formula is C22H26N4O2. The van der Waals surface area contributed by atoms with E-state index in [0.717, 1.165) is 16.6 Å². The molecule has 0 aliphatic heterocycles. The third-order valence-electron chi connectivity index (χ3n) is 4.24. The van der Waals surface area contributed by atoms with Crippen molar-refractivity contribution in [1.29, 1.82) is 0 Å². The summed E-state index contributed by atoms with van der Waals surface area (Å²) in [6.07, 6.45) is 0. The number of nitrogens with one attached hydrogen (secondary N) is 2. The van der Waals surface area contributed by atoms with Gasteiger partial charge in [-0.2, -0.15) is 0 Å². The first-order chi connectivity index (χ1) is 13.2. The summed E-state index contributed by atoms with van der Waals surface area (Å²) >= 11 is 0. The molecule has 0 radical (unpaired) electrons. The molecule has 0 atom stereocenters. The van der Waals surface area contributed by atoms with Crippen LogP contribution in [0.25, 0.3) is 11.0 Å². The van der Waals surface area contributed by atoms with Crippen LogP contribution in [0.4, 0.5) is 0 Å². The van der Waals surface area contributed by atoms with Crippen LogP contribution in [0.3, 0.4) is 0 Å². The number of para-hydroxylation sites is 2. The van der Waals surface area contributed by atoms with Crippen molar-refractivity contribution in [2.45, 2.75) is 46.3 Å². The molecule has 0 aliphatic carbocycles. The molecule has 1 heterocycles. The predicted octanol–water partition coefficient (Wildman–Crippen LogP) is 3.19. The molecule has 2 amide bonds. The second kappa shape index (κ2) is 7.84. The molecule has 0 saturated carbocycles. The number of imidazole rings is 1.